The number of aromatic amines is 2. The van der Waals surface area contributed by atoms with Gasteiger partial charge < -0.3 is 62.0 Å². The van der Waals surface area contributed by atoms with Crippen LogP contribution in [0.1, 0.15) is 25.6 Å². The number of nitrogens with zero attached hydrogens (tertiary/aromatic N) is 2. The lowest BCUT2D eigenvalue weighted by Crippen LogP contribution is -2.61. The molecule has 0 aliphatic carbocycles. The molecule has 316 valence electrons. The summed E-state index contributed by atoms with van der Waals surface area (Å²) in [4.78, 5) is 102. The van der Waals surface area contributed by atoms with Crippen molar-refractivity contribution in [2.24, 2.45) is 5.73 Å². The van der Waals surface area contributed by atoms with Crippen LogP contribution >= 0.6 is 0 Å². The highest BCUT2D eigenvalue weighted by molar-refractivity contribution is 5.93. The Morgan fingerprint density at radius 1 is 1.02 bits per heavy atom. The number of aliphatic hydroxyl groups is 2. The molecular formula is C33H40F3N9O13. The molecule has 4 rings (SSSR count). The number of aromatic nitrogens is 3. The van der Waals surface area contributed by atoms with Crippen molar-refractivity contribution in [3.63, 3.8) is 0 Å². The largest absolute Gasteiger partial charge is 0.490 e. The van der Waals surface area contributed by atoms with Crippen LogP contribution < -0.4 is 38.2 Å². The molecule has 1 saturated heterocycles. The maximum Gasteiger partial charge on any atom is 0.490 e. The van der Waals surface area contributed by atoms with Crippen molar-refractivity contribution in [2.45, 2.75) is 69.0 Å². The number of H-pyrrole nitrogens is 2. The van der Waals surface area contributed by atoms with Crippen molar-refractivity contribution in [3.8, 4) is 0 Å². The van der Waals surface area contributed by atoms with E-state index in [1.54, 1.807) is 18.3 Å². The Bertz CT molecular complexity index is 2150. The lowest BCUT2D eigenvalue weighted by Gasteiger charge is -2.32. The molecule has 1 fully saturated rings. The van der Waals surface area contributed by atoms with Crippen molar-refractivity contribution in [1.82, 2.24) is 40.7 Å². The Hall–Kier alpha value is -6.73. The fourth-order valence-corrected chi connectivity index (χ4v) is 5.26. The molecular weight excluding hydrogens is 787 g/mol. The first-order valence-corrected chi connectivity index (χ1v) is 16.8. The Labute approximate surface area is 323 Å². The second-order valence-corrected chi connectivity index (χ2v) is 12.5. The second kappa shape index (κ2) is 19.4. The van der Waals surface area contributed by atoms with Gasteiger partial charge in [0.2, 0.25) is 23.9 Å². The Kier molecular flexibility index (Phi) is 15.3. The summed E-state index contributed by atoms with van der Waals surface area (Å²) in [5, 5.41) is 48.1. The summed E-state index contributed by atoms with van der Waals surface area (Å²) >= 11 is 0. The van der Waals surface area contributed by atoms with Crippen molar-refractivity contribution in [2.75, 3.05) is 13.6 Å². The molecule has 5 amide bonds. The zero-order chi connectivity index (χ0) is 43.6. The first kappa shape index (κ1) is 45.7. The average molecular weight is 828 g/mol. The predicted molar refractivity (Wildman–Crippen MR) is 191 cm³/mol. The molecule has 58 heavy (non-hydrogen) atoms. The summed E-state index contributed by atoms with van der Waals surface area (Å²) < 4.78 is 38.0. The molecule has 0 saturated carbocycles. The number of hydrogen-bond acceptors (Lipinski definition) is 12. The minimum Gasteiger partial charge on any atom is -0.480 e. The number of carbonyl (C=O) groups excluding carboxylic acids is 4. The number of aliphatic hydroxyl groups excluding tert-OH is 2. The molecule has 0 spiro atoms. The Morgan fingerprint density at radius 3 is 2.24 bits per heavy atom. The fourth-order valence-electron chi connectivity index (χ4n) is 5.26. The summed E-state index contributed by atoms with van der Waals surface area (Å²) in [5.74, 6) is -6.87. The third kappa shape index (κ3) is 11.6. The molecule has 3 heterocycles. The molecule has 0 unspecified atom stereocenters. The van der Waals surface area contributed by atoms with E-state index in [9.17, 15) is 62.1 Å². The minimum absolute atomic E-state index is 0.0676. The zero-order valence-corrected chi connectivity index (χ0v) is 30.6. The number of para-hydroxylation sites is 1. The molecule has 0 bridgehead atoms. The number of hydrogen-bond donors (Lipinski definition) is 11. The number of halogens is 3. The maximum absolute atomic E-state index is 13.4. The number of urea groups is 1. The molecule has 2 aromatic heterocycles. The number of nitrogens with two attached hydrogens (primary N) is 1. The van der Waals surface area contributed by atoms with Gasteiger partial charge >= 0.3 is 29.8 Å². The van der Waals surface area contributed by atoms with Crippen molar-refractivity contribution in [1.29, 1.82) is 0 Å². The highest BCUT2D eigenvalue weighted by atomic mass is 19.4. The molecule has 12 N–H and O–H groups in total. The molecule has 1 aromatic carbocycles. The van der Waals surface area contributed by atoms with Crippen LogP contribution in [-0.4, -0.2) is 132 Å². The smallest absolute Gasteiger partial charge is 0.480 e. The van der Waals surface area contributed by atoms with Crippen LogP contribution in [0, 0.1) is 0 Å². The fraction of sp³-hybridized carbons (Fsp3) is 0.394. The van der Waals surface area contributed by atoms with Gasteiger partial charge in [-0.25, -0.2) is 19.2 Å². The summed E-state index contributed by atoms with van der Waals surface area (Å²) in [7, 11) is 1.34. The number of alkyl halides is 3. The van der Waals surface area contributed by atoms with Crippen LogP contribution in [0.2, 0.25) is 0 Å². The molecule has 7 atom stereocenters. The molecule has 1 aliphatic rings. The minimum atomic E-state index is -5.08. The number of nitrogens with one attached hydrogen (secondary N) is 6. The number of fused-ring (bicyclic) bond motifs is 1. The summed E-state index contributed by atoms with van der Waals surface area (Å²) in [6.45, 7) is 2.29. The second-order valence-electron chi connectivity index (χ2n) is 12.5. The number of carbonyl (C=O) groups is 6. The van der Waals surface area contributed by atoms with Crippen molar-refractivity contribution >= 4 is 46.6 Å². The van der Waals surface area contributed by atoms with Gasteiger partial charge in [-0.1, -0.05) is 18.2 Å². The van der Waals surface area contributed by atoms with E-state index in [1.807, 2.05) is 17.1 Å². The number of amides is 5. The standard InChI is InChI=1S/C31H39N9O11.C2HF3O2/c1-14(35-30(49)36-19(29(47)48)10-16-12-33-18-7-5-4-6-17(16)18)26(45)38-23(15(2)39(3)22(42)11-32)27(46)34-13-20-24(43)25(44)28(51-20)40-9-8-21(41)37-31(40)50;3-2(4,5)1(6)7/h4-9,12-15,19,23-25,28,33,43-44H,10-11,32H2,1-3H3,(H,34,46)(H,38,45)(H,47,48)(H2,35,36,49)(H,37,41,50);(H,6,7)/b20-13-;/t14-,15-,19-,23-,24+,25+,28+;/m0./s1. The number of rotatable bonds is 13. The van der Waals surface area contributed by atoms with E-state index >= 15 is 0 Å². The maximum atomic E-state index is 13.4. The first-order chi connectivity index (χ1) is 27.1. The van der Waals surface area contributed by atoms with Gasteiger partial charge in [0.25, 0.3) is 5.56 Å². The number of likely N-dealkylation sites (N-methyl/N-ethyl adjacent to an activating group) is 1. The monoisotopic (exact) mass is 827 g/mol. The van der Waals surface area contributed by atoms with E-state index in [-0.39, 0.29) is 12.2 Å². The van der Waals surface area contributed by atoms with Gasteiger partial charge in [-0.15, -0.1) is 0 Å². The lowest BCUT2D eigenvalue weighted by atomic mass is 10.1. The predicted octanol–water partition coefficient (Wildman–Crippen LogP) is -2.47. The van der Waals surface area contributed by atoms with E-state index in [1.165, 1.54) is 20.9 Å². The van der Waals surface area contributed by atoms with E-state index in [4.69, 9.17) is 20.4 Å². The number of aliphatic carboxylic acids is 2. The van der Waals surface area contributed by atoms with Crippen LogP contribution in [-0.2, 0) is 35.1 Å². The number of ether oxygens (including phenoxy) is 1. The molecule has 0 radical (unpaired) electrons. The summed E-state index contributed by atoms with van der Waals surface area (Å²) in [5.41, 5.74) is 5.26. The van der Waals surface area contributed by atoms with Gasteiger partial charge in [0.15, 0.2) is 0 Å². The van der Waals surface area contributed by atoms with Gasteiger partial charge in [0, 0.05) is 49.0 Å². The lowest BCUT2D eigenvalue weighted by molar-refractivity contribution is -0.192. The highest BCUT2D eigenvalue weighted by Gasteiger charge is 2.42. The van der Waals surface area contributed by atoms with Gasteiger partial charge in [-0.2, -0.15) is 13.2 Å². The van der Waals surface area contributed by atoms with Crippen LogP contribution in [0.5, 0.6) is 0 Å². The third-order valence-electron chi connectivity index (χ3n) is 8.57. The summed E-state index contributed by atoms with van der Waals surface area (Å²) in [6, 6.07) is 2.00. The Morgan fingerprint density at radius 2 is 1.66 bits per heavy atom. The van der Waals surface area contributed by atoms with E-state index in [0.717, 1.165) is 38.8 Å². The van der Waals surface area contributed by atoms with Crippen LogP contribution in [0.25, 0.3) is 10.9 Å². The highest BCUT2D eigenvalue weighted by Crippen LogP contribution is 2.30. The zero-order valence-electron chi connectivity index (χ0n) is 30.6. The SMILES string of the molecule is C[C@H](NC(=O)N[C@@H](Cc1c[nH]c2ccccc12)C(=O)O)C(=O)N[C@H](C(=O)N/C=C1\O[C@@H](n2ccc(=O)[nH]c2=O)[C@H](O)[C@@H]1O)[C@H](C)N(C)C(=O)CN.O=C(O)C(F)(F)F. The van der Waals surface area contributed by atoms with Gasteiger partial charge in [0.05, 0.1) is 12.6 Å². The molecule has 1 aliphatic heterocycles. The third-order valence-corrected chi connectivity index (χ3v) is 8.57. The van der Waals surface area contributed by atoms with E-state index in [2.05, 4.69) is 26.3 Å². The van der Waals surface area contributed by atoms with Crippen LogP contribution in [0.4, 0.5) is 18.0 Å². The van der Waals surface area contributed by atoms with E-state index < -0.39 is 102 Å². The Balaban J connectivity index is 0.00000117. The van der Waals surface area contributed by atoms with Crippen LogP contribution in [0.15, 0.2) is 64.3 Å². The normalized spacial score (nSPS) is 19.0. The van der Waals surface area contributed by atoms with Crippen LogP contribution in [0.3, 0.4) is 0 Å². The number of benzene rings is 1. The van der Waals surface area contributed by atoms with Gasteiger partial charge in [0.1, 0.15) is 36.1 Å². The van der Waals surface area contributed by atoms with Crippen molar-refractivity contribution in [3.05, 3.63) is 81.1 Å². The number of carboxylic acid groups (broad SMARTS) is 2. The summed E-state index contributed by atoms with van der Waals surface area (Å²) in [6.07, 6.45) is -6.48. The quantitative estimate of drug-likeness (QED) is 0.0852. The van der Waals surface area contributed by atoms with E-state index in [0.29, 0.717) is 5.56 Å². The van der Waals surface area contributed by atoms with Crippen molar-refractivity contribution < 1.29 is 67.1 Å². The topological polar surface area (TPSA) is 341 Å². The van der Waals surface area contributed by atoms with Gasteiger partial charge in [-0.3, -0.25) is 28.7 Å². The molecule has 3 aromatic rings. The average Bonchev–Trinajstić information content (AvgIpc) is 3.70. The number of carboxylic acids is 2. The first-order valence-electron chi connectivity index (χ1n) is 16.8. The molecule has 22 nitrogen and oxygen atoms in total. The molecule has 25 heteroatoms. The van der Waals surface area contributed by atoms with Gasteiger partial charge in [-0.05, 0) is 25.5 Å².